The molecular weight excluding hydrogens is 208 g/mol. The molecule has 0 bridgehead atoms. The maximum Gasteiger partial charge on any atom is 0.184 e. The molecule has 0 saturated heterocycles. The summed E-state index contributed by atoms with van der Waals surface area (Å²) >= 11 is 0. The molecule has 0 amide bonds. The second kappa shape index (κ2) is 4.15. The van der Waals surface area contributed by atoms with E-state index in [2.05, 4.69) is 21.8 Å². The minimum absolute atomic E-state index is 0.704. The van der Waals surface area contributed by atoms with E-state index in [0.717, 1.165) is 16.6 Å². The normalized spacial score (nSPS) is 9.88. The SMILES string of the molecule is C(#Cc1nc2ccccc2[nH]1)c1ccccc1. The number of rotatable bonds is 0. The zero-order valence-corrected chi connectivity index (χ0v) is 9.14. The van der Waals surface area contributed by atoms with Crippen molar-refractivity contribution >= 4 is 11.0 Å². The van der Waals surface area contributed by atoms with Gasteiger partial charge in [-0.05, 0) is 30.2 Å². The molecule has 0 unspecified atom stereocenters. The van der Waals surface area contributed by atoms with Crippen molar-refractivity contribution in [2.75, 3.05) is 0 Å². The molecular formula is C15H10N2. The fourth-order valence-corrected chi connectivity index (χ4v) is 1.66. The summed E-state index contributed by atoms with van der Waals surface area (Å²) in [6.45, 7) is 0. The lowest BCUT2D eigenvalue weighted by molar-refractivity contribution is 1.28. The summed E-state index contributed by atoms with van der Waals surface area (Å²) in [7, 11) is 0. The molecule has 0 aliphatic rings. The second-order valence-electron chi connectivity index (χ2n) is 3.72. The number of hydrogen-bond donors (Lipinski definition) is 1. The van der Waals surface area contributed by atoms with Crippen LogP contribution in [0.15, 0.2) is 54.6 Å². The third kappa shape index (κ3) is 2.04. The van der Waals surface area contributed by atoms with Crippen molar-refractivity contribution in [3.63, 3.8) is 0 Å². The van der Waals surface area contributed by atoms with E-state index in [0.29, 0.717) is 5.82 Å². The van der Waals surface area contributed by atoms with Gasteiger partial charge in [-0.1, -0.05) is 36.3 Å². The van der Waals surface area contributed by atoms with Crippen molar-refractivity contribution in [2.24, 2.45) is 0 Å². The first-order chi connectivity index (χ1) is 8.42. The molecule has 0 spiro atoms. The van der Waals surface area contributed by atoms with E-state index in [1.165, 1.54) is 0 Å². The van der Waals surface area contributed by atoms with Crippen LogP contribution >= 0.6 is 0 Å². The monoisotopic (exact) mass is 218 g/mol. The van der Waals surface area contributed by atoms with Crippen LogP contribution in [0.1, 0.15) is 11.4 Å². The molecule has 0 fully saturated rings. The fourth-order valence-electron chi connectivity index (χ4n) is 1.66. The number of benzene rings is 2. The van der Waals surface area contributed by atoms with Crippen LogP contribution in [-0.4, -0.2) is 9.97 Å². The highest BCUT2D eigenvalue weighted by atomic mass is 14.9. The Labute approximate surface area is 99.3 Å². The van der Waals surface area contributed by atoms with Crippen molar-refractivity contribution in [1.29, 1.82) is 0 Å². The first-order valence-electron chi connectivity index (χ1n) is 5.44. The maximum atomic E-state index is 4.40. The first-order valence-corrected chi connectivity index (χ1v) is 5.44. The first kappa shape index (κ1) is 9.68. The molecule has 0 atom stereocenters. The number of aromatic amines is 1. The zero-order chi connectivity index (χ0) is 11.5. The summed E-state index contributed by atoms with van der Waals surface area (Å²) in [4.78, 5) is 7.58. The lowest BCUT2D eigenvalue weighted by Gasteiger charge is -1.85. The number of fused-ring (bicyclic) bond motifs is 1. The Kier molecular flexibility index (Phi) is 2.36. The number of para-hydroxylation sites is 2. The summed E-state index contributed by atoms with van der Waals surface area (Å²) in [6, 6.07) is 17.8. The molecule has 2 heteroatoms. The second-order valence-corrected chi connectivity index (χ2v) is 3.72. The zero-order valence-electron chi connectivity index (χ0n) is 9.14. The van der Waals surface area contributed by atoms with E-state index >= 15 is 0 Å². The van der Waals surface area contributed by atoms with Gasteiger partial charge in [-0.3, -0.25) is 0 Å². The Morgan fingerprint density at radius 1 is 0.824 bits per heavy atom. The number of H-pyrrole nitrogens is 1. The molecule has 2 nitrogen and oxygen atoms in total. The largest absolute Gasteiger partial charge is 0.331 e. The summed E-state index contributed by atoms with van der Waals surface area (Å²) in [5, 5.41) is 0. The molecule has 17 heavy (non-hydrogen) atoms. The molecule has 1 N–H and O–H groups in total. The van der Waals surface area contributed by atoms with Crippen molar-refractivity contribution in [2.45, 2.75) is 0 Å². The molecule has 0 aliphatic heterocycles. The van der Waals surface area contributed by atoms with E-state index in [4.69, 9.17) is 0 Å². The van der Waals surface area contributed by atoms with Crippen LogP contribution < -0.4 is 0 Å². The van der Waals surface area contributed by atoms with Gasteiger partial charge in [-0.15, -0.1) is 0 Å². The van der Waals surface area contributed by atoms with Gasteiger partial charge in [0.15, 0.2) is 5.82 Å². The highest BCUT2D eigenvalue weighted by Crippen LogP contribution is 2.09. The third-order valence-electron chi connectivity index (χ3n) is 2.49. The van der Waals surface area contributed by atoms with Gasteiger partial charge in [-0.2, -0.15) is 0 Å². The van der Waals surface area contributed by atoms with Crippen molar-refractivity contribution in [3.8, 4) is 11.8 Å². The fraction of sp³-hybridized carbons (Fsp3) is 0. The average Bonchev–Trinajstić information content (AvgIpc) is 2.80. The van der Waals surface area contributed by atoms with Crippen molar-refractivity contribution in [3.05, 3.63) is 66.0 Å². The number of aromatic nitrogens is 2. The summed E-state index contributed by atoms with van der Waals surface area (Å²) in [5.41, 5.74) is 2.96. The highest BCUT2D eigenvalue weighted by molar-refractivity contribution is 5.75. The molecule has 1 heterocycles. The molecule has 1 aromatic heterocycles. The Morgan fingerprint density at radius 2 is 1.59 bits per heavy atom. The van der Waals surface area contributed by atoms with Gasteiger partial charge in [0, 0.05) is 5.56 Å². The Bertz CT molecular complexity index is 667. The predicted octanol–water partition coefficient (Wildman–Crippen LogP) is 2.96. The topological polar surface area (TPSA) is 28.7 Å². The van der Waals surface area contributed by atoms with Gasteiger partial charge in [0.05, 0.1) is 11.0 Å². The van der Waals surface area contributed by atoms with Crippen LogP contribution in [0, 0.1) is 11.8 Å². The van der Waals surface area contributed by atoms with E-state index in [9.17, 15) is 0 Å². The van der Waals surface area contributed by atoms with Gasteiger partial charge in [0.2, 0.25) is 0 Å². The standard InChI is InChI=1S/C15H10N2/c1-2-6-12(7-3-1)10-11-15-16-13-8-4-5-9-14(13)17-15/h1-9H,(H,16,17). The predicted molar refractivity (Wildman–Crippen MR) is 68.5 cm³/mol. The average molecular weight is 218 g/mol. The van der Waals surface area contributed by atoms with Gasteiger partial charge in [0.1, 0.15) is 0 Å². The van der Waals surface area contributed by atoms with Crippen LogP contribution in [0.4, 0.5) is 0 Å². The quantitative estimate of drug-likeness (QED) is 0.577. The van der Waals surface area contributed by atoms with Crippen LogP contribution in [0.25, 0.3) is 11.0 Å². The smallest absolute Gasteiger partial charge is 0.184 e. The van der Waals surface area contributed by atoms with E-state index in [-0.39, 0.29) is 0 Å². The van der Waals surface area contributed by atoms with Gasteiger partial charge < -0.3 is 4.98 Å². The van der Waals surface area contributed by atoms with E-state index in [1.807, 2.05) is 54.6 Å². The van der Waals surface area contributed by atoms with Crippen LogP contribution in [-0.2, 0) is 0 Å². The van der Waals surface area contributed by atoms with E-state index < -0.39 is 0 Å². The molecule has 0 radical (unpaired) electrons. The highest BCUT2D eigenvalue weighted by Gasteiger charge is 1.97. The molecule has 3 aromatic rings. The van der Waals surface area contributed by atoms with Gasteiger partial charge >= 0.3 is 0 Å². The third-order valence-corrected chi connectivity index (χ3v) is 2.49. The van der Waals surface area contributed by atoms with Crippen LogP contribution in [0.5, 0.6) is 0 Å². The minimum atomic E-state index is 0.704. The molecule has 80 valence electrons. The molecule has 3 rings (SSSR count). The molecule has 2 aromatic carbocycles. The molecule has 0 aliphatic carbocycles. The number of nitrogens with one attached hydrogen (secondary N) is 1. The lowest BCUT2D eigenvalue weighted by atomic mass is 10.2. The minimum Gasteiger partial charge on any atom is -0.331 e. The van der Waals surface area contributed by atoms with Crippen LogP contribution in [0.2, 0.25) is 0 Å². The maximum absolute atomic E-state index is 4.40. The Morgan fingerprint density at radius 3 is 2.41 bits per heavy atom. The van der Waals surface area contributed by atoms with Crippen molar-refractivity contribution < 1.29 is 0 Å². The number of hydrogen-bond acceptors (Lipinski definition) is 1. The van der Waals surface area contributed by atoms with Crippen molar-refractivity contribution in [1.82, 2.24) is 9.97 Å². The molecule has 0 saturated carbocycles. The van der Waals surface area contributed by atoms with Gasteiger partial charge in [0.25, 0.3) is 0 Å². The Hall–Kier alpha value is -2.53. The van der Waals surface area contributed by atoms with Crippen LogP contribution in [0.3, 0.4) is 0 Å². The van der Waals surface area contributed by atoms with Gasteiger partial charge in [-0.25, -0.2) is 4.98 Å². The summed E-state index contributed by atoms with van der Waals surface area (Å²) in [6.07, 6.45) is 0. The summed E-state index contributed by atoms with van der Waals surface area (Å²) < 4.78 is 0. The number of imidazole rings is 1. The number of nitrogens with zero attached hydrogens (tertiary/aromatic N) is 1. The summed E-state index contributed by atoms with van der Waals surface area (Å²) in [5.74, 6) is 6.82. The lowest BCUT2D eigenvalue weighted by Crippen LogP contribution is -1.77. The Balaban J connectivity index is 1.98. The van der Waals surface area contributed by atoms with E-state index in [1.54, 1.807) is 0 Å².